The largest absolute Gasteiger partial charge is 0.437 e. The van der Waals surface area contributed by atoms with Crippen LogP contribution in [0.25, 0.3) is 0 Å². The Hall–Kier alpha value is -2.32. The lowest BCUT2D eigenvalue weighted by Gasteiger charge is -2.24. The number of aromatic nitrogens is 1. The Balaban J connectivity index is 1.81. The van der Waals surface area contributed by atoms with Gasteiger partial charge in [-0.3, -0.25) is 5.01 Å². The highest BCUT2D eigenvalue weighted by atomic mass is 35.5. The molecular formula is C15H11ClF3N3O2. The van der Waals surface area contributed by atoms with Crippen molar-refractivity contribution in [2.24, 2.45) is 0 Å². The fraction of sp³-hybridized carbons (Fsp3) is 0.200. The zero-order chi connectivity index (χ0) is 17.5. The first-order valence-corrected chi connectivity index (χ1v) is 7.17. The van der Waals surface area contributed by atoms with Gasteiger partial charge in [-0.25, -0.2) is 9.78 Å². The minimum Gasteiger partial charge on any atom is -0.437 e. The van der Waals surface area contributed by atoms with E-state index in [9.17, 15) is 18.0 Å². The Morgan fingerprint density at radius 2 is 2.04 bits per heavy atom. The van der Waals surface area contributed by atoms with E-state index in [0.717, 1.165) is 6.07 Å². The molecule has 0 saturated heterocycles. The summed E-state index contributed by atoms with van der Waals surface area (Å²) in [5, 5.41) is 1.13. The second-order valence-electron chi connectivity index (χ2n) is 5.09. The summed E-state index contributed by atoms with van der Waals surface area (Å²) in [5.41, 5.74) is 2.95. The van der Waals surface area contributed by atoms with Crippen molar-refractivity contribution >= 4 is 23.4 Å². The van der Waals surface area contributed by atoms with Gasteiger partial charge in [0.15, 0.2) is 12.0 Å². The molecule has 0 unspecified atom stereocenters. The molecule has 5 nitrogen and oxygen atoms in total. The topological polar surface area (TPSA) is 54.5 Å². The molecule has 0 amide bonds. The summed E-state index contributed by atoms with van der Waals surface area (Å²) in [6.07, 6.45) is -4.62. The number of hydrogen-bond acceptors (Lipinski definition) is 5. The third-order valence-electron chi connectivity index (χ3n) is 3.47. The summed E-state index contributed by atoms with van der Waals surface area (Å²) >= 11 is 5.89. The predicted octanol–water partition coefficient (Wildman–Crippen LogP) is 3.56. The van der Waals surface area contributed by atoms with Gasteiger partial charge in [-0.15, -0.1) is 0 Å². The number of carbonyl (C=O) groups is 1. The quantitative estimate of drug-likeness (QED) is 0.672. The van der Waals surface area contributed by atoms with E-state index >= 15 is 0 Å². The molecule has 1 aliphatic rings. The molecule has 1 aromatic heterocycles. The van der Waals surface area contributed by atoms with Gasteiger partial charge in [0.05, 0.1) is 16.1 Å². The SMILES string of the molecule is CN(N[C@H]1OC(=O)c2ccccc21)c1ncc(C(F)(F)F)cc1Cl. The van der Waals surface area contributed by atoms with E-state index in [1.807, 2.05) is 0 Å². The van der Waals surface area contributed by atoms with E-state index < -0.39 is 23.9 Å². The van der Waals surface area contributed by atoms with Gasteiger partial charge in [0, 0.05) is 18.8 Å². The number of rotatable bonds is 3. The van der Waals surface area contributed by atoms with Crippen molar-refractivity contribution in [1.82, 2.24) is 10.4 Å². The maximum atomic E-state index is 12.7. The van der Waals surface area contributed by atoms with Gasteiger partial charge in [0.1, 0.15) is 0 Å². The summed E-state index contributed by atoms with van der Waals surface area (Å²) in [5.74, 6) is -0.409. The van der Waals surface area contributed by atoms with Crippen LogP contribution < -0.4 is 10.4 Å². The fourth-order valence-electron chi connectivity index (χ4n) is 2.31. The molecule has 9 heteroatoms. The molecule has 0 saturated carbocycles. The van der Waals surface area contributed by atoms with Gasteiger partial charge in [-0.05, 0) is 12.1 Å². The third-order valence-corrected chi connectivity index (χ3v) is 3.74. The smallest absolute Gasteiger partial charge is 0.417 e. The van der Waals surface area contributed by atoms with Gasteiger partial charge < -0.3 is 4.74 Å². The summed E-state index contributed by atoms with van der Waals surface area (Å²) in [7, 11) is 1.51. The van der Waals surface area contributed by atoms with Gasteiger partial charge in [-0.2, -0.15) is 18.6 Å². The second-order valence-corrected chi connectivity index (χ2v) is 5.50. The Kier molecular flexibility index (Phi) is 4.10. The molecule has 0 radical (unpaired) electrons. The molecule has 0 spiro atoms. The lowest BCUT2D eigenvalue weighted by atomic mass is 10.1. The number of pyridine rings is 1. The number of nitrogens with zero attached hydrogens (tertiary/aromatic N) is 2. The molecule has 1 aliphatic heterocycles. The van der Waals surface area contributed by atoms with Crippen molar-refractivity contribution in [1.29, 1.82) is 0 Å². The minimum atomic E-state index is -4.53. The first-order valence-electron chi connectivity index (χ1n) is 6.80. The first kappa shape index (κ1) is 16.5. The van der Waals surface area contributed by atoms with Gasteiger partial charge in [0.25, 0.3) is 0 Å². The standard InChI is InChI=1S/C15H11ClF3N3O2/c1-22(12-11(16)6-8(7-20-12)15(17,18)19)21-13-9-4-2-3-5-10(9)14(23)24-13/h2-7,13,21H,1H3/t13-/m0/s1. The third kappa shape index (κ3) is 3.02. The van der Waals surface area contributed by atoms with Crippen LogP contribution in [0.4, 0.5) is 19.0 Å². The number of nitrogens with one attached hydrogen (secondary N) is 1. The van der Waals surface area contributed by atoms with Crippen molar-refractivity contribution in [3.63, 3.8) is 0 Å². The van der Waals surface area contributed by atoms with Crippen LogP contribution in [0.3, 0.4) is 0 Å². The second kappa shape index (κ2) is 5.95. The molecule has 0 fully saturated rings. The molecule has 2 heterocycles. The van der Waals surface area contributed by atoms with Crippen LogP contribution in [0, 0.1) is 0 Å². The fourth-order valence-corrected chi connectivity index (χ4v) is 2.60. The number of anilines is 1. The zero-order valence-corrected chi connectivity index (χ0v) is 13.0. The van der Waals surface area contributed by atoms with Gasteiger partial charge >= 0.3 is 12.1 Å². The normalized spacial score (nSPS) is 16.7. The summed E-state index contributed by atoms with van der Waals surface area (Å²) in [6.45, 7) is 0. The van der Waals surface area contributed by atoms with Crippen molar-refractivity contribution in [2.75, 3.05) is 12.1 Å². The molecule has 2 aromatic rings. The van der Waals surface area contributed by atoms with E-state index in [1.165, 1.54) is 12.1 Å². The lowest BCUT2D eigenvalue weighted by Crippen LogP contribution is -2.38. The van der Waals surface area contributed by atoms with Crippen LogP contribution >= 0.6 is 11.6 Å². The zero-order valence-electron chi connectivity index (χ0n) is 12.3. The van der Waals surface area contributed by atoms with Crippen LogP contribution in [0.1, 0.15) is 27.7 Å². The number of hydrogen-bond donors (Lipinski definition) is 1. The van der Waals surface area contributed by atoms with Crippen molar-refractivity contribution in [2.45, 2.75) is 12.4 Å². The minimum absolute atomic E-state index is 0.0742. The summed E-state index contributed by atoms with van der Waals surface area (Å²) in [6, 6.07) is 7.59. The number of ether oxygens (including phenoxy) is 1. The molecule has 24 heavy (non-hydrogen) atoms. The number of esters is 1. The van der Waals surface area contributed by atoms with E-state index in [2.05, 4.69) is 10.4 Å². The maximum Gasteiger partial charge on any atom is 0.417 e. The maximum absolute atomic E-state index is 12.7. The molecule has 1 N–H and O–H groups in total. The Morgan fingerprint density at radius 3 is 2.71 bits per heavy atom. The molecule has 1 atom stereocenters. The number of fused-ring (bicyclic) bond motifs is 1. The molecular weight excluding hydrogens is 347 g/mol. The van der Waals surface area contributed by atoms with Gasteiger partial charge in [0.2, 0.25) is 0 Å². The average Bonchev–Trinajstić information content (AvgIpc) is 2.83. The lowest BCUT2D eigenvalue weighted by molar-refractivity contribution is -0.137. The van der Waals surface area contributed by atoms with E-state index in [4.69, 9.17) is 16.3 Å². The van der Waals surface area contributed by atoms with Crippen LogP contribution in [0.15, 0.2) is 36.5 Å². The van der Waals surface area contributed by atoms with Crippen LogP contribution in [-0.2, 0) is 10.9 Å². The number of hydrazine groups is 1. The number of alkyl halides is 3. The van der Waals surface area contributed by atoms with Crippen LogP contribution in [0.5, 0.6) is 0 Å². The Labute approximate surface area is 140 Å². The Morgan fingerprint density at radius 1 is 1.33 bits per heavy atom. The predicted molar refractivity (Wildman–Crippen MR) is 80.4 cm³/mol. The van der Waals surface area contributed by atoms with Crippen LogP contribution in [0.2, 0.25) is 5.02 Å². The van der Waals surface area contributed by atoms with E-state index in [1.54, 1.807) is 24.3 Å². The highest BCUT2D eigenvalue weighted by molar-refractivity contribution is 6.33. The number of benzene rings is 1. The van der Waals surface area contributed by atoms with Crippen molar-refractivity contribution < 1.29 is 22.7 Å². The first-order chi connectivity index (χ1) is 11.3. The highest BCUT2D eigenvalue weighted by Gasteiger charge is 2.33. The van der Waals surface area contributed by atoms with Gasteiger partial charge in [-0.1, -0.05) is 29.8 Å². The Bertz CT molecular complexity index is 798. The molecule has 0 bridgehead atoms. The summed E-state index contributed by atoms with van der Waals surface area (Å²) < 4.78 is 43.2. The number of halogens is 4. The number of carbonyl (C=O) groups excluding carboxylic acids is 1. The molecule has 1 aromatic carbocycles. The van der Waals surface area contributed by atoms with E-state index in [-0.39, 0.29) is 10.8 Å². The highest BCUT2D eigenvalue weighted by Crippen LogP contribution is 2.34. The monoisotopic (exact) mass is 357 g/mol. The molecule has 0 aliphatic carbocycles. The molecule has 3 rings (SSSR count). The average molecular weight is 358 g/mol. The molecule has 126 valence electrons. The van der Waals surface area contributed by atoms with E-state index in [0.29, 0.717) is 17.3 Å². The van der Waals surface area contributed by atoms with Crippen LogP contribution in [-0.4, -0.2) is 18.0 Å². The van der Waals surface area contributed by atoms with Crippen molar-refractivity contribution in [3.8, 4) is 0 Å². The number of cyclic esters (lactones) is 1. The van der Waals surface area contributed by atoms with Crippen molar-refractivity contribution in [3.05, 3.63) is 58.2 Å². The summed E-state index contributed by atoms with van der Waals surface area (Å²) in [4.78, 5) is 15.5.